The van der Waals surface area contributed by atoms with E-state index in [1.54, 1.807) is 36.5 Å². The van der Waals surface area contributed by atoms with Crippen LogP contribution in [0.3, 0.4) is 0 Å². The molecule has 0 saturated heterocycles. The molecule has 0 aliphatic rings. The highest BCUT2D eigenvalue weighted by Gasteiger charge is 2.38. The molecule has 2 aromatic carbocycles. The molecule has 0 aliphatic heterocycles. The monoisotopic (exact) mass is 410 g/mol. The van der Waals surface area contributed by atoms with Crippen molar-refractivity contribution in [1.82, 2.24) is 0 Å². The van der Waals surface area contributed by atoms with Crippen molar-refractivity contribution in [3.8, 4) is 5.75 Å². The normalized spacial score (nSPS) is 10.8. The van der Waals surface area contributed by atoms with Gasteiger partial charge in [-0.3, -0.25) is 9.59 Å². The Kier molecular flexibility index (Phi) is 7.18. The summed E-state index contributed by atoms with van der Waals surface area (Å²) in [6.07, 6.45) is -5.06. The number of esters is 1. The SMILES string of the molecule is CCOc1ccccc1NC(=O)COC(=O)c1cccc(NC(=O)C(F)(F)F)c1. The third kappa shape index (κ3) is 6.52. The molecule has 0 aliphatic carbocycles. The molecule has 0 saturated carbocycles. The van der Waals surface area contributed by atoms with Gasteiger partial charge < -0.3 is 20.1 Å². The van der Waals surface area contributed by atoms with Crippen LogP contribution in [0.1, 0.15) is 17.3 Å². The van der Waals surface area contributed by atoms with E-state index in [1.165, 1.54) is 18.2 Å². The van der Waals surface area contributed by atoms with Gasteiger partial charge >= 0.3 is 18.1 Å². The Balaban J connectivity index is 1.95. The average molecular weight is 410 g/mol. The van der Waals surface area contributed by atoms with Crippen molar-refractivity contribution in [2.75, 3.05) is 23.8 Å². The van der Waals surface area contributed by atoms with E-state index in [0.717, 1.165) is 6.07 Å². The maximum absolute atomic E-state index is 12.3. The van der Waals surface area contributed by atoms with E-state index in [0.29, 0.717) is 18.0 Å². The summed E-state index contributed by atoms with van der Waals surface area (Å²) in [5.74, 6) is -3.30. The summed E-state index contributed by atoms with van der Waals surface area (Å²) in [7, 11) is 0. The summed E-state index contributed by atoms with van der Waals surface area (Å²) in [5.41, 5.74) is 0.0246. The maximum Gasteiger partial charge on any atom is 0.471 e. The molecular weight excluding hydrogens is 393 g/mol. The van der Waals surface area contributed by atoms with Crippen molar-refractivity contribution in [1.29, 1.82) is 0 Å². The molecule has 2 aromatic rings. The molecule has 0 atom stereocenters. The molecule has 0 aromatic heterocycles. The number of rotatable bonds is 7. The Labute approximate surface area is 163 Å². The molecule has 2 amide bonds. The molecule has 2 N–H and O–H groups in total. The lowest BCUT2D eigenvalue weighted by Gasteiger charge is -2.12. The van der Waals surface area contributed by atoms with E-state index >= 15 is 0 Å². The number of benzene rings is 2. The molecule has 0 heterocycles. The van der Waals surface area contributed by atoms with E-state index in [1.807, 2.05) is 0 Å². The summed E-state index contributed by atoms with van der Waals surface area (Å²) in [5, 5.41) is 4.16. The first-order valence-electron chi connectivity index (χ1n) is 8.37. The fourth-order valence-corrected chi connectivity index (χ4v) is 2.18. The van der Waals surface area contributed by atoms with Crippen molar-refractivity contribution < 1.29 is 37.0 Å². The fraction of sp³-hybridized carbons (Fsp3) is 0.211. The predicted molar refractivity (Wildman–Crippen MR) is 97.6 cm³/mol. The topological polar surface area (TPSA) is 93.7 Å². The number of anilines is 2. The van der Waals surface area contributed by atoms with Crippen LogP contribution in [0, 0.1) is 0 Å². The molecule has 0 unspecified atom stereocenters. The van der Waals surface area contributed by atoms with Gasteiger partial charge in [0.1, 0.15) is 5.75 Å². The molecule has 0 spiro atoms. The van der Waals surface area contributed by atoms with Gasteiger partial charge in [0.2, 0.25) is 0 Å². The van der Waals surface area contributed by atoms with Gasteiger partial charge in [-0.05, 0) is 37.3 Å². The van der Waals surface area contributed by atoms with E-state index in [2.05, 4.69) is 5.32 Å². The second kappa shape index (κ2) is 9.58. The molecular formula is C19H17F3N2O5. The highest BCUT2D eigenvalue weighted by molar-refractivity contribution is 5.98. The van der Waals surface area contributed by atoms with Crippen molar-refractivity contribution in [2.24, 2.45) is 0 Å². The minimum Gasteiger partial charge on any atom is -0.492 e. The largest absolute Gasteiger partial charge is 0.492 e. The summed E-state index contributed by atoms with van der Waals surface area (Å²) in [6.45, 7) is 1.55. The number of carbonyl (C=O) groups is 3. The van der Waals surface area contributed by atoms with Crippen LogP contribution >= 0.6 is 0 Å². The Hall–Kier alpha value is -3.56. The van der Waals surface area contributed by atoms with Crippen LogP contribution in [0.4, 0.5) is 24.5 Å². The predicted octanol–water partition coefficient (Wildman–Crippen LogP) is 3.38. The Morgan fingerprint density at radius 3 is 2.41 bits per heavy atom. The van der Waals surface area contributed by atoms with E-state index in [4.69, 9.17) is 9.47 Å². The number of hydrogen-bond acceptors (Lipinski definition) is 5. The first-order valence-corrected chi connectivity index (χ1v) is 8.37. The molecule has 2 rings (SSSR count). The fourth-order valence-electron chi connectivity index (χ4n) is 2.18. The van der Waals surface area contributed by atoms with Crippen molar-refractivity contribution in [3.63, 3.8) is 0 Å². The number of ether oxygens (including phenoxy) is 2. The average Bonchev–Trinajstić information content (AvgIpc) is 2.67. The highest BCUT2D eigenvalue weighted by atomic mass is 19.4. The second-order valence-electron chi connectivity index (χ2n) is 5.59. The highest BCUT2D eigenvalue weighted by Crippen LogP contribution is 2.23. The molecule has 0 fully saturated rings. The van der Waals surface area contributed by atoms with Crippen molar-refractivity contribution in [3.05, 3.63) is 54.1 Å². The molecule has 29 heavy (non-hydrogen) atoms. The Morgan fingerprint density at radius 2 is 1.72 bits per heavy atom. The molecule has 154 valence electrons. The van der Waals surface area contributed by atoms with Crippen LogP contribution in [0.2, 0.25) is 0 Å². The van der Waals surface area contributed by atoms with E-state index in [9.17, 15) is 27.6 Å². The molecule has 0 radical (unpaired) electrons. The van der Waals surface area contributed by atoms with Gasteiger partial charge in [0, 0.05) is 5.69 Å². The number of nitrogens with one attached hydrogen (secondary N) is 2. The first-order chi connectivity index (χ1) is 13.7. The molecule has 7 nitrogen and oxygen atoms in total. The smallest absolute Gasteiger partial charge is 0.471 e. The number of hydrogen-bond donors (Lipinski definition) is 2. The summed E-state index contributed by atoms with van der Waals surface area (Å²) in [6, 6.07) is 11.4. The lowest BCUT2D eigenvalue weighted by molar-refractivity contribution is -0.167. The first kappa shape index (κ1) is 21.7. The quantitative estimate of drug-likeness (QED) is 0.683. The lowest BCUT2D eigenvalue weighted by Crippen LogP contribution is -2.30. The third-order valence-corrected chi connectivity index (χ3v) is 3.41. The van der Waals surface area contributed by atoms with Gasteiger partial charge in [-0.2, -0.15) is 13.2 Å². The van der Waals surface area contributed by atoms with Gasteiger partial charge in [-0.15, -0.1) is 0 Å². The van der Waals surface area contributed by atoms with Crippen molar-refractivity contribution >= 4 is 29.2 Å². The van der Waals surface area contributed by atoms with Crippen LogP contribution in [0.15, 0.2) is 48.5 Å². The van der Waals surface area contributed by atoms with Gasteiger partial charge in [-0.1, -0.05) is 18.2 Å². The lowest BCUT2D eigenvalue weighted by atomic mass is 10.2. The molecule has 0 bridgehead atoms. The number of halogens is 3. The van der Waals surface area contributed by atoms with Gasteiger partial charge in [-0.25, -0.2) is 4.79 Å². The van der Waals surface area contributed by atoms with Crippen LogP contribution in [0.25, 0.3) is 0 Å². The van der Waals surface area contributed by atoms with E-state index < -0.39 is 30.6 Å². The van der Waals surface area contributed by atoms with Crippen LogP contribution in [-0.2, 0) is 14.3 Å². The third-order valence-electron chi connectivity index (χ3n) is 3.41. The second-order valence-corrected chi connectivity index (χ2v) is 5.59. The van der Waals surface area contributed by atoms with Gasteiger partial charge in [0.15, 0.2) is 6.61 Å². The van der Waals surface area contributed by atoms with Crippen LogP contribution < -0.4 is 15.4 Å². The Bertz CT molecular complexity index is 899. The zero-order valence-electron chi connectivity index (χ0n) is 15.2. The zero-order valence-corrected chi connectivity index (χ0v) is 15.2. The van der Waals surface area contributed by atoms with Crippen molar-refractivity contribution in [2.45, 2.75) is 13.1 Å². The maximum atomic E-state index is 12.3. The summed E-state index contributed by atoms with van der Waals surface area (Å²) >= 11 is 0. The van der Waals surface area contributed by atoms with E-state index in [-0.39, 0.29) is 11.3 Å². The van der Waals surface area contributed by atoms with Crippen LogP contribution in [0.5, 0.6) is 5.75 Å². The number of carbonyl (C=O) groups excluding carboxylic acids is 3. The van der Waals surface area contributed by atoms with Gasteiger partial charge in [0.05, 0.1) is 17.9 Å². The van der Waals surface area contributed by atoms with Crippen LogP contribution in [-0.4, -0.2) is 37.2 Å². The Morgan fingerprint density at radius 1 is 1.00 bits per heavy atom. The minimum absolute atomic E-state index is 0.132. The number of para-hydroxylation sites is 2. The summed E-state index contributed by atoms with van der Waals surface area (Å²) < 4.78 is 47.1. The number of alkyl halides is 3. The molecule has 10 heteroatoms. The van der Waals surface area contributed by atoms with Gasteiger partial charge in [0.25, 0.3) is 5.91 Å². The summed E-state index contributed by atoms with van der Waals surface area (Å²) in [4.78, 5) is 35.0. The standard InChI is InChI=1S/C19H17F3N2O5/c1-2-28-15-9-4-3-8-14(15)24-16(25)11-29-17(26)12-6-5-7-13(10-12)23-18(27)19(20,21)22/h3-10H,2,11H2,1H3,(H,23,27)(H,24,25). The number of amides is 2. The minimum atomic E-state index is -5.06. The zero-order chi connectivity index (χ0) is 21.4.